The summed E-state index contributed by atoms with van der Waals surface area (Å²) in [7, 11) is 0. The largest absolute Gasteiger partial charge is 0.376 e. The van der Waals surface area contributed by atoms with Crippen LogP contribution >= 0.6 is 23.1 Å². The Bertz CT molecular complexity index is 760. The minimum Gasteiger partial charge on any atom is -0.376 e. The summed E-state index contributed by atoms with van der Waals surface area (Å²) in [5.74, 6) is 3.15. The van der Waals surface area contributed by atoms with E-state index in [1.807, 2.05) is 0 Å². The van der Waals surface area contributed by atoms with E-state index in [0.717, 1.165) is 67.6 Å². The number of anilines is 1. The molecule has 0 amide bonds. The van der Waals surface area contributed by atoms with Gasteiger partial charge in [-0.1, -0.05) is 32.5 Å². The SMILES string of the molecule is CC1CCN(c2nnc(SCc3csc(C(C)C)n3)n2CC2CCCO2)CC1. The van der Waals surface area contributed by atoms with Crippen LogP contribution in [0.2, 0.25) is 0 Å². The molecule has 0 bridgehead atoms. The molecule has 0 aliphatic carbocycles. The maximum absolute atomic E-state index is 5.92. The molecule has 0 aromatic carbocycles. The summed E-state index contributed by atoms with van der Waals surface area (Å²) in [5.41, 5.74) is 1.14. The van der Waals surface area contributed by atoms with Gasteiger partial charge in [-0.05, 0) is 31.6 Å². The van der Waals surface area contributed by atoms with E-state index in [4.69, 9.17) is 9.72 Å². The number of thioether (sulfide) groups is 1. The zero-order chi connectivity index (χ0) is 19.5. The van der Waals surface area contributed by atoms with E-state index in [9.17, 15) is 0 Å². The summed E-state index contributed by atoms with van der Waals surface area (Å²) in [4.78, 5) is 7.18. The molecular formula is C20H31N5OS2. The highest BCUT2D eigenvalue weighted by Crippen LogP contribution is 2.30. The van der Waals surface area contributed by atoms with Crippen LogP contribution in [0.15, 0.2) is 10.5 Å². The van der Waals surface area contributed by atoms with E-state index in [-0.39, 0.29) is 6.10 Å². The maximum atomic E-state index is 5.92. The van der Waals surface area contributed by atoms with Crippen LogP contribution in [-0.2, 0) is 17.0 Å². The molecule has 1 unspecified atom stereocenters. The Labute approximate surface area is 176 Å². The second-order valence-electron chi connectivity index (χ2n) is 8.32. The molecule has 6 nitrogen and oxygen atoms in total. The van der Waals surface area contributed by atoms with Crippen LogP contribution in [0.4, 0.5) is 5.95 Å². The first-order chi connectivity index (χ1) is 13.6. The predicted octanol–water partition coefficient (Wildman–Crippen LogP) is 4.57. The Hall–Kier alpha value is -1.12. The molecule has 2 fully saturated rings. The molecule has 28 heavy (non-hydrogen) atoms. The second kappa shape index (κ2) is 9.13. The molecule has 154 valence electrons. The lowest BCUT2D eigenvalue weighted by atomic mass is 10.00. The molecule has 0 N–H and O–H groups in total. The lowest BCUT2D eigenvalue weighted by Gasteiger charge is -2.31. The van der Waals surface area contributed by atoms with Crippen molar-refractivity contribution >= 4 is 29.0 Å². The summed E-state index contributed by atoms with van der Waals surface area (Å²) in [6.07, 6.45) is 5.02. The highest BCUT2D eigenvalue weighted by molar-refractivity contribution is 7.98. The van der Waals surface area contributed by atoms with Gasteiger partial charge in [-0.2, -0.15) is 0 Å². The molecular weight excluding hydrogens is 390 g/mol. The molecule has 0 saturated carbocycles. The lowest BCUT2D eigenvalue weighted by molar-refractivity contribution is 0.0951. The summed E-state index contributed by atoms with van der Waals surface area (Å²) < 4.78 is 8.22. The van der Waals surface area contributed by atoms with Gasteiger partial charge in [0.05, 0.1) is 23.4 Å². The van der Waals surface area contributed by atoms with Crippen molar-refractivity contribution in [3.05, 3.63) is 16.1 Å². The molecule has 2 aliphatic rings. The Morgan fingerprint density at radius 3 is 2.75 bits per heavy atom. The van der Waals surface area contributed by atoms with E-state index >= 15 is 0 Å². The topological polar surface area (TPSA) is 56.1 Å². The van der Waals surface area contributed by atoms with Crippen molar-refractivity contribution in [3.8, 4) is 0 Å². The van der Waals surface area contributed by atoms with Crippen LogP contribution < -0.4 is 4.90 Å². The van der Waals surface area contributed by atoms with E-state index in [2.05, 4.69) is 45.8 Å². The minimum atomic E-state index is 0.282. The average molecular weight is 422 g/mol. The van der Waals surface area contributed by atoms with Gasteiger partial charge in [-0.3, -0.25) is 4.57 Å². The maximum Gasteiger partial charge on any atom is 0.228 e. The van der Waals surface area contributed by atoms with E-state index in [1.165, 1.54) is 17.8 Å². The Morgan fingerprint density at radius 2 is 2.07 bits per heavy atom. The van der Waals surface area contributed by atoms with Crippen molar-refractivity contribution in [2.75, 3.05) is 24.6 Å². The first kappa shape index (κ1) is 20.2. The highest BCUT2D eigenvalue weighted by Gasteiger charge is 2.26. The predicted molar refractivity (Wildman–Crippen MR) is 115 cm³/mol. The molecule has 2 saturated heterocycles. The van der Waals surface area contributed by atoms with Crippen LogP contribution in [0.3, 0.4) is 0 Å². The molecule has 4 rings (SSSR count). The van der Waals surface area contributed by atoms with Crippen LogP contribution in [-0.4, -0.2) is 45.5 Å². The van der Waals surface area contributed by atoms with Crippen LogP contribution in [0.1, 0.15) is 63.1 Å². The van der Waals surface area contributed by atoms with Crippen LogP contribution in [0.5, 0.6) is 0 Å². The molecule has 4 heterocycles. The Kier molecular flexibility index (Phi) is 6.58. The number of aromatic nitrogens is 4. The van der Waals surface area contributed by atoms with Gasteiger partial charge in [-0.15, -0.1) is 21.5 Å². The van der Waals surface area contributed by atoms with Crippen molar-refractivity contribution in [3.63, 3.8) is 0 Å². The molecule has 8 heteroatoms. The van der Waals surface area contributed by atoms with Crippen molar-refractivity contribution in [2.24, 2.45) is 5.92 Å². The number of hydrogen-bond acceptors (Lipinski definition) is 7. The third-order valence-corrected chi connectivity index (χ3v) is 7.78. The number of piperidine rings is 1. The van der Waals surface area contributed by atoms with Crippen LogP contribution in [0, 0.1) is 5.92 Å². The number of nitrogens with zero attached hydrogens (tertiary/aromatic N) is 5. The standard InChI is InChI=1S/C20H31N5OS2/c1-14(2)18-21-16(12-27-18)13-28-20-23-22-19(24-8-6-15(3)7-9-24)25(20)11-17-5-4-10-26-17/h12,14-15,17H,4-11,13H2,1-3H3. The van der Waals surface area contributed by atoms with E-state index < -0.39 is 0 Å². The first-order valence-corrected chi connectivity index (χ1v) is 12.3. The summed E-state index contributed by atoms with van der Waals surface area (Å²) in [6.45, 7) is 10.6. The fraction of sp³-hybridized carbons (Fsp3) is 0.750. The molecule has 2 aliphatic heterocycles. The Balaban J connectivity index is 1.49. The van der Waals surface area contributed by atoms with Crippen molar-refractivity contribution < 1.29 is 4.74 Å². The smallest absolute Gasteiger partial charge is 0.228 e. The molecule has 2 aromatic rings. The van der Waals surface area contributed by atoms with Crippen molar-refractivity contribution in [1.29, 1.82) is 0 Å². The third kappa shape index (κ3) is 4.71. The molecule has 2 aromatic heterocycles. The second-order valence-corrected chi connectivity index (χ2v) is 10.2. The fourth-order valence-electron chi connectivity index (χ4n) is 3.77. The van der Waals surface area contributed by atoms with Crippen molar-refractivity contribution in [2.45, 2.75) is 75.9 Å². The van der Waals surface area contributed by atoms with Crippen molar-refractivity contribution in [1.82, 2.24) is 19.7 Å². The van der Waals surface area contributed by atoms with Crippen LogP contribution in [0.25, 0.3) is 0 Å². The molecule has 0 radical (unpaired) electrons. The molecule has 1 atom stereocenters. The van der Waals surface area contributed by atoms with Gasteiger partial charge in [-0.25, -0.2) is 4.98 Å². The van der Waals surface area contributed by atoms with Gasteiger partial charge in [0.25, 0.3) is 0 Å². The lowest BCUT2D eigenvalue weighted by Crippen LogP contribution is -2.35. The third-order valence-electron chi connectivity index (χ3n) is 5.59. The Morgan fingerprint density at radius 1 is 1.25 bits per heavy atom. The van der Waals surface area contributed by atoms with Gasteiger partial charge < -0.3 is 9.64 Å². The summed E-state index contributed by atoms with van der Waals surface area (Å²) >= 11 is 3.50. The molecule has 0 spiro atoms. The van der Waals surface area contributed by atoms with E-state index in [0.29, 0.717) is 5.92 Å². The normalized spacial score (nSPS) is 21.1. The number of rotatable bonds is 7. The number of hydrogen-bond donors (Lipinski definition) is 0. The summed E-state index contributed by atoms with van der Waals surface area (Å²) in [6, 6.07) is 0. The highest BCUT2D eigenvalue weighted by atomic mass is 32.2. The number of ether oxygens (including phenoxy) is 1. The summed E-state index contributed by atoms with van der Waals surface area (Å²) in [5, 5.41) is 13.5. The zero-order valence-corrected chi connectivity index (χ0v) is 18.8. The quantitative estimate of drug-likeness (QED) is 0.611. The van der Waals surface area contributed by atoms with E-state index in [1.54, 1.807) is 23.1 Å². The monoisotopic (exact) mass is 421 g/mol. The van der Waals surface area contributed by atoms with Gasteiger partial charge in [0.1, 0.15) is 0 Å². The van der Waals surface area contributed by atoms with Gasteiger partial charge in [0.15, 0.2) is 5.16 Å². The zero-order valence-electron chi connectivity index (χ0n) is 17.1. The van der Waals surface area contributed by atoms with Gasteiger partial charge in [0, 0.05) is 36.7 Å². The average Bonchev–Trinajstić information content (AvgIpc) is 3.42. The fourth-order valence-corrected chi connectivity index (χ4v) is 5.55. The number of thiazole rings is 1. The van der Waals surface area contributed by atoms with Gasteiger partial charge >= 0.3 is 0 Å². The minimum absolute atomic E-state index is 0.282. The first-order valence-electron chi connectivity index (χ1n) is 10.5. The van der Waals surface area contributed by atoms with Gasteiger partial charge in [0.2, 0.25) is 5.95 Å².